The molecule has 0 saturated heterocycles. The minimum atomic E-state index is -4.67. The second-order valence-electron chi connectivity index (χ2n) is 14.4. The van der Waals surface area contributed by atoms with Crippen molar-refractivity contribution in [3.63, 3.8) is 0 Å². The molecule has 298 valence electrons. The van der Waals surface area contributed by atoms with E-state index in [0.29, 0.717) is 24.1 Å². The summed E-state index contributed by atoms with van der Waals surface area (Å²) in [5, 5.41) is 8.56. The number of carbonyl (C=O) groups is 5. The van der Waals surface area contributed by atoms with Crippen molar-refractivity contribution in [3.8, 4) is 0 Å². The number of carbonyl (C=O) groups excluding carboxylic acids is 5. The molecule has 0 bridgehead atoms. The van der Waals surface area contributed by atoms with Gasteiger partial charge in [0.25, 0.3) is 11.8 Å². The molecule has 4 aromatic rings. The normalized spacial score (nSPS) is 17.4. The molecule has 0 radical (unpaired) electrons. The number of H-pyrrole nitrogens is 1. The van der Waals surface area contributed by atoms with Crippen molar-refractivity contribution in [1.29, 1.82) is 0 Å². The van der Waals surface area contributed by atoms with Crippen molar-refractivity contribution in [2.24, 2.45) is 11.8 Å². The number of aromatic amines is 1. The first-order valence-corrected chi connectivity index (χ1v) is 18.6. The first kappa shape index (κ1) is 41.4. The Morgan fingerprint density at radius 3 is 2.09 bits per heavy atom. The van der Waals surface area contributed by atoms with Gasteiger partial charge in [0.05, 0.1) is 17.5 Å². The van der Waals surface area contributed by atoms with Gasteiger partial charge in [-0.05, 0) is 60.1 Å². The van der Waals surface area contributed by atoms with Crippen LogP contribution in [-0.2, 0) is 44.6 Å². The van der Waals surface area contributed by atoms with Crippen LogP contribution in [0.3, 0.4) is 0 Å². The average Bonchev–Trinajstić information content (AvgIpc) is 3.55. The van der Waals surface area contributed by atoms with Crippen LogP contribution in [0.4, 0.5) is 17.6 Å². The lowest BCUT2D eigenvalue weighted by Crippen LogP contribution is -2.67. The maximum absolute atomic E-state index is 14.7. The van der Waals surface area contributed by atoms with E-state index in [1.165, 1.54) is 30.3 Å². The number of nitrogens with one attached hydrogen (secondary N) is 6. The SMILES string of the molecule is CCC(C)[C@H](NC(=O)Cc1ccccc1F)C(=O)N[C@]1(C(=O)N[C@H](C(=O)NNC(=O)c2ccccc2)C(C)CC)CCc2[nH]c3c(C(F)(F)F)cccc3c2C1. The van der Waals surface area contributed by atoms with Gasteiger partial charge in [-0.2, -0.15) is 13.2 Å². The molecular formula is C41H46F4N6O5. The highest BCUT2D eigenvalue weighted by molar-refractivity contribution is 6.00. The monoisotopic (exact) mass is 778 g/mol. The van der Waals surface area contributed by atoms with E-state index >= 15 is 0 Å². The molecule has 6 N–H and O–H groups in total. The van der Waals surface area contributed by atoms with Crippen LogP contribution < -0.4 is 26.8 Å². The quantitative estimate of drug-likeness (QED) is 0.0787. The van der Waals surface area contributed by atoms with Gasteiger partial charge in [0.2, 0.25) is 17.7 Å². The van der Waals surface area contributed by atoms with E-state index in [1.54, 1.807) is 64.1 Å². The summed E-state index contributed by atoms with van der Waals surface area (Å²) in [4.78, 5) is 71.4. The fraction of sp³-hybridized carbons (Fsp3) is 0.390. The van der Waals surface area contributed by atoms with Gasteiger partial charge in [0.15, 0.2) is 0 Å². The number of hydrogen-bond acceptors (Lipinski definition) is 5. The Kier molecular flexibility index (Phi) is 12.9. The van der Waals surface area contributed by atoms with Crippen molar-refractivity contribution in [2.45, 2.75) is 90.0 Å². The van der Waals surface area contributed by atoms with Gasteiger partial charge in [0.1, 0.15) is 23.4 Å². The second-order valence-corrected chi connectivity index (χ2v) is 14.4. The molecule has 5 rings (SSSR count). The predicted octanol–water partition coefficient (Wildman–Crippen LogP) is 5.44. The smallest absolute Gasteiger partial charge is 0.358 e. The number of hydrazine groups is 1. The largest absolute Gasteiger partial charge is 0.418 e. The number of rotatable bonds is 13. The zero-order valence-electron chi connectivity index (χ0n) is 31.5. The van der Waals surface area contributed by atoms with E-state index < -0.39 is 76.6 Å². The van der Waals surface area contributed by atoms with Gasteiger partial charge in [-0.25, -0.2) is 4.39 Å². The summed E-state index contributed by atoms with van der Waals surface area (Å²) < 4.78 is 56.6. The molecule has 3 aromatic carbocycles. The van der Waals surface area contributed by atoms with Crippen LogP contribution >= 0.6 is 0 Å². The third kappa shape index (κ3) is 9.20. The van der Waals surface area contributed by atoms with Crippen LogP contribution in [0.25, 0.3) is 10.9 Å². The zero-order chi connectivity index (χ0) is 40.8. The van der Waals surface area contributed by atoms with E-state index in [4.69, 9.17) is 0 Å². The Labute approximate surface area is 321 Å². The number of alkyl halides is 3. The maximum atomic E-state index is 14.7. The van der Waals surface area contributed by atoms with Gasteiger partial charge in [-0.1, -0.05) is 89.1 Å². The zero-order valence-corrected chi connectivity index (χ0v) is 31.5. The highest BCUT2D eigenvalue weighted by atomic mass is 19.4. The molecule has 11 nitrogen and oxygen atoms in total. The number of aryl methyl sites for hydroxylation is 1. The lowest BCUT2D eigenvalue weighted by atomic mass is 9.78. The number of fused-ring (bicyclic) bond motifs is 3. The van der Waals surface area contributed by atoms with E-state index in [1.807, 2.05) is 0 Å². The Hall–Kier alpha value is -5.73. The van der Waals surface area contributed by atoms with Crippen LogP contribution in [0, 0.1) is 17.7 Å². The van der Waals surface area contributed by atoms with Crippen molar-refractivity contribution >= 4 is 40.4 Å². The second kappa shape index (κ2) is 17.4. The summed E-state index contributed by atoms with van der Waals surface area (Å²) in [6.07, 6.45) is -4.47. The Bertz CT molecular complexity index is 2090. The Morgan fingerprint density at radius 1 is 0.804 bits per heavy atom. The summed E-state index contributed by atoms with van der Waals surface area (Å²) in [5.41, 5.74) is 3.12. The number of amides is 5. The standard InChI is InChI=1S/C41H46F4N6O5/c1-5-23(3)33(47-32(52)21-26-15-10-11-18-30(26)42)37(54)49-40(20-19-31-28(22-40)27-16-12-17-29(35(27)46-31)41(43,44)45)39(56)48-34(24(4)6-2)38(55)51-50-36(53)25-13-8-7-9-14-25/h7-18,23-24,33-34,46H,5-6,19-22H2,1-4H3,(H,47,52)(H,48,56)(H,49,54)(H,50,53)(H,51,55)/t23?,24?,33-,34-,40+/m0/s1. The van der Waals surface area contributed by atoms with Crippen molar-refractivity contribution in [1.82, 2.24) is 31.8 Å². The molecule has 0 spiro atoms. The highest BCUT2D eigenvalue weighted by Crippen LogP contribution is 2.40. The fourth-order valence-electron chi connectivity index (χ4n) is 6.96. The average molecular weight is 779 g/mol. The first-order valence-electron chi connectivity index (χ1n) is 18.6. The molecule has 56 heavy (non-hydrogen) atoms. The van der Waals surface area contributed by atoms with E-state index in [9.17, 15) is 41.5 Å². The molecular weight excluding hydrogens is 732 g/mol. The molecule has 1 aliphatic rings. The van der Waals surface area contributed by atoms with E-state index in [2.05, 4.69) is 31.8 Å². The van der Waals surface area contributed by atoms with Gasteiger partial charge in [-0.3, -0.25) is 34.8 Å². The third-order valence-corrected chi connectivity index (χ3v) is 10.7. The van der Waals surface area contributed by atoms with Crippen LogP contribution in [0.15, 0.2) is 72.8 Å². The molecule has 1 aliphatic carbocycles. The molecule has 5 amide bonds. The van der Waals surface area contributed by atoms with Crippen LogP contribution in [-0.4, -0.2) is 52.1 Å². The molecule has 2 unspecified atom stereocenters. The fourth-order valence-corrected chi connectivity index (χ4v) is 6.96. The molecule has 0 fully saturated rings. The number of aromatic nitrogens is 1. The molecule has 5 atom stereocenters. The van der Waals surface area contributed by atoms with E-state index in [-0.39, 0.29) is 47.7 Å². The number of para-hydroxylation sites is 1. The molecule has 0 saturated carbocycles. The van der Waals surface area contributed by atoms with Gasteiger partial charge >= 0.3 is 6.18 Å². The minimum absolute atomic E-state index is 0.0516. The van der Waals surface area contributed by atoms with Gasteiger partial charge in [0, 0.05) is 23.1 Å². The van der Waals surface area contributed by atoms with E-state index in [0.717, 1.165) is 6.07 Å². The van der Waals surface area contributed by atoms with Crippen molar-refractivity contribution in [2.75, 3.05) is 0 Å². The minimum Gasteiger partial charge on any atom is -0.358 e. The lowest BCUT2D eigenvalue weighted by Gasteiger charge is -2.39. The van der Waals surface area contributed by atoms with Crippen LogP contribution in [0.2, 0.25) is 0 Å². The summed E-state index contributed by atoms with van der Waals surface area (Å²) in [6.45, 7) is 7.05. The molecule has 1 aromatic heterocycles. The molecule has 15 heteroatoms. The summed E-state index contributed by atoms with van der Waals surface area (Å²) >= 11 is 0. The summed E-state index contributed by atoms with van der Waals surface area (Å²) in [7, 11) is 0. The van der Waals surface area contributed by atoms with Gasteiger partial charge < -0.3 is 20.9 Å². The first-order chi connectivity index (χ1) is 26.6. The molecule has 0 aliphatic heterocycles. The van der Waals surface area contributed by atoms with Crippen LogP contribution in [0.5, 0.6) is 0 Å². The Morgan fingerprint density at radius 2 is 1.45 bits per heavy atom. The maximum Gasteiger partial charge on any atom is 0.418 e. The third-order valence-electron chi connectivity index (χ3n) is 10.7. The summed E-state index contributed by atoms with van der Waals surface area (Å²) in [6, 6.07) is 15.2. The van der Waals surface area contributed by atoms with Crippen molar-refractivity contribution in [3.05, 3.63) is 107 Å². The van der Waals surface area contributed by atoms with Crippen LogP contribution in [0.1, 0.15) is 79.7 Å². The topological polar surface area (TPSA) is 161 Å². The predicted molar refractivity (Wildman–Crippen MR) is 201 cm³/mol. The number of benzene rings is 3. The Balaban J connectivity index is 1.48. The number of hydrogen-bond donors (Lipinski definition) is 6. The van der Waals surface area contributed by atoms with Gasteiger partial charge in [-0.15, -0.1) is 0 Å². The molecule has 1 heterocycles. The highest BCUT2D eigenvalue weighted by Gasteiger charge is 2.47. The lowest BCUT2D eigenvalue weighted by molar-refractivity contribution is -0.139. The number of halogens is 4. The summed E-state index contributed by atoms with van der Waals surface area (Å²) in [5.74, 6) is -5.03. The van der Waals surface area contributed by atoms with Crippen molar-refractivity contribution < 1.29 is 41.5 Å².